The summed E-state index contributed by atoms with van der Waals surface area (Å²) in [6, 6.07) is 9.42. The number of likely N-dealkylation sites (N-methyl/N-ethyl adjacent to an activating group) is 1. The summed E-state index contributed by atoms with van der Waals surface area (Å²) in [5, 5.41) is 5.28. The highest BCUT2D eigenvalue weighted by Crippen LogP contribution is 2.27. The Morgan fingerprint density at radius 1 is 1.10 bits per heavy atom. The zero-order valence-electron chi connectivity index (χ0n) is 17.2. The molecule has 0 saturated carbocycles. The molecule has 0 bridgehead atoms. The molecule has 1 unspecified atom stereocenters. The first-order valence-electron chi connectivity index (χ1n) is 9.66. The van der Waals surface area contributed by atoms with E-state index < -0.39 is 24.0 Å². The minimum atomic E-state index is -0.733. The second-order valence-corrected chi connectivity index (χ2v) is 6.62. The Hall–Kier alpha value is -3.95. The third kappa shape index (κ3) is 5.56. The maximum atomic E-state index is 12.7. The van der Waals surface area contributed by atoms with Gasteiger partial charge in [0.25, 0.3) is 0 Å². The normalized spacial score (nSPS) is 15.5. The molecule has 2 aromatic rings. The first-order chi connectivity index (χ1) is 15.0. The van der Waals surface area contributed by atoms with E-state index in [0.29, 0.717) is 11.5 Å². The van der Waals surface area contributed by atoms with Gasteiger partial charge in [0.1, 0.15) is 13.2 Å². The lowest BCUT2D eigenvalue weighted by Gasteiger charge is -2.29. The zero-order chi connectivity index (χ0) is 22.2. The van der Waals surface area contributed by atoms with Crippen LogP contribution in [0.25, 0.3) is 0 Å². The number of hydrogen-bond donors (Lipinski definition) is 2. The van der Waals surface area contributed by atoms with Gasteiger partial charge in [-0.15, -0.1) is 0 Å². The summed E-state index contributed by atoms with van der Waals surface area (Å²) in [6.45, 7) is 1.44. The molecule has 1 atom stereocenters. The summed E-state index contributed by atoms with van der Waals surface area (Å²) in [6.07, 6.45) is 3.13. The number of esters is 2. The summed E-state index contributed by atoms with van der Waals surface area (Å²) >= 11 is 0. The largest absolute Gasteiger partial charge is 0.463 e. The Kier molecular flexibility index (Phi) is 7.15. The van der Waals surface area contributed by atoms with E-state index in [1.807, 2.05) is 6.07 Å². The topological polar surface area (TPSA) is 123 Å². The molecule has 31 heavy (non-hydrogen) atoms. The van der Waals surface area contributed by atoms with E-state index in [4.69, 9.17) is 9.47 Å². The highest BCUT2D eigenvalue weighted by atomic mass is 16.5. The zero-order valence-corrected chi connectivity index (χ0v) is 17.2. The van der Waals surface area contributed by atoms with Crippen molar-refractivity contribution in [3.8, 4) is 0 Å². The van der Waals surface area contributed by atoms with E-state index in [1.54, 1.807) is 56.7 Å². The lowest BCUT2D eigenvalue weighted by atomic mass is 9.95. The second-order valence-electron chi connectivity index (χ2n) is 6.62. The van der Waals surface area contributed by atoms with Crippen molar-refractivity contribution in [3.63, 3.8) is 0 Å². The Balaban J connectivity index is 1.78. The van der Waals surface area contributed by atoms with Crippen molar-refractivity contribution in [2.75, 3.05) is 31.7 Å². The number of benzene rings is 1. The number of ether oxygens (including phenoxy) is 2. The lowest BCUT2D eigenvalue weighted by Crippen LogP contribution is -2.47. The fourth-order valence-corrected chi connectivity index (χ4v) is 3.03. The van der Waals surface area contributed by atoms with Crippen molar-refractivity contribution >= 4 is 23.9 Å². The van der Waals surface area contributed by atoms with E-state index in [2.05, 4.69) is 20.6 Å². The van der Waals surface area contributed by atoms with Crippen LogP contribution in [0.5, 0.6) is 0 Å². The second kappa shape index (κ2) is 10.2. The molecule has 1 aliphatic rings. The van der Waals surface area contributed by atoms with Gasteiger partial charge >= 0.3 is 18.0 Å². The van der Waals surface area contributed by atoms with Gasteiger partial charge in [0.15, 0.2) is 0 Å². The molecular formula is C21H23N5O5. The standard InChI is InChI=1S/C21H23N5O5/c1-3-30-19(28)17-15(24-21(29)25-18(17)14-8-5-4-6-9-14)13-31-16(27)12-26(2)20-22-10-7-11-23-20/h4-11,18H,3,12-13H2,1-2H3,(H2,24,25,29). The van der Waals surface area contributed by atoms with Crippen molar-refractivity contribution in [1.82, 2.24) is 20.6 Å². The van der Waals surface area contributed by atoms with Crippen molar-refractivity contribution < 1.29 is 23.9 Å². The van der Waals surface area contributed by atoms with Gasteiger partial charge in [-0.3, -0.25) is 4.79 Å². The quantitative estimate of drug-likeness (QED) is 0.608. The van der Waals surface area contributed by atoms with Crippen LogP contribution in [0.1, 0.15) is 18.5 Å². The van der Waals surface area contributed by atoms with E-state index >= 15 is 0 Å². The van der Waals surface area contributed by atoms with Gasteiger partial charge in [-0.05, 0) is 18.6 Å². The number of rotatable bonds is 8. The third-order valence-corrected chi connectivity index (χ3v) is 4.42. The molecule has 0 spiro atoms. The Bertz CT molecular complexity index is 965. The molecule has 0 radical (unpaired) electrons. The minimum Gasteiger partial charge on any atom is -0.463 e. The van der Waals surface area contributed by atoms with Crippen LogP contribution in [0.15, 0.2) is 60.1 Å². The highest BCUT2D eigenvalue weighted by Gasteiger charge is 2.34. The van der Waals surface area contributed by atoms with Gasteiger partial charge in [0.2, 0.25) is 5.95 Å². The number of amides is 2. The number of carbonyl (C=O) groups is 3. The smallest absolute Gasteiger partial charge is 0.338 e. The molecule has 10 nitrogen and oxygen atoms in total. The van der Waals surface area contributed by atoms with Crippen LogP contribution in [-0.2, 0) is 19.1 Å². The van der Waals surface area contributed by atoms with Crippen molar-refractivity contribution in [2.45, 2.75) is 13.0 Å². The van der Waals surface area contributed by atoms with Gasteiger partial charge in [-0.2, -0.15) is 0 Å². The Labute approximate surface area is 179 Å². The molecule has 1 aromatic heterocycles. The maximum Gasteiger partial charge on any atom is 0.338 e. The Morgan fingerprint density at radius 3 is 2.48 bits per heavy atom. The van der Waals surface area contributed by atoms with E-state index in [-0.39, 0.29) is 31.0 Å². The monoisotopic (exact) mass is 425 g/mol. The third-order valence-electron chi connectivity index (χ3n) is 4.42. The summed E-state index contributed by atoms with van der Waals surface area (Å²) in [4.78, 5) is 46.9. The summed E-state index contributed by atoms with van der Waals surface area (Å²) < 4.78 is 10.5. The van der Waals surface area contributed by atoms with E-state index in [0.717, 1.165) is 0 Å². The van der Waals surface area contributed by atoms with Gasteiger partial charge in [-0.25, -0.2) is 19.6 Å². The number of nitrogens with zero attached hydrogens (tertiary/aromatic N) is 3. The van der Waals surface area contributed by atoms with Crippen LogP contribution in [0.3, 0.4) is 0 Å². The number of nitrogens with one attached hydrogen (secondary N) is 2. The average Bonchev–Trinajstić information content (AvgIpc) is 2.78. The highest BCUT2D eigenvalue weighted by molar-refractivity contribution is 5.95. The van der Waals surface area contributed by atoms with Crippen LogP contribution in [-0.4, -0.2) is 54.7 Å². The predicted molar refractivity (Wildman–Crippen MR) is 111 cm³/mol. The number of carbonyl (C=O) groups excluding carboxylic acids is 3. The molecule has 0 aliphatic carbocycles. The van der Waals surface area contributed by atoms with E-state index in [9.17, 15) is 14.4 Å². The van der Waals surface area contributed by atoms with Crippen LogP contribution < -0.4 is 15.5 Å². The number of anilines is 1. The van der Waals surface area contributed by atoms with Crippen molar-refractivity contribution in [3.05, 3.63) is 65.6 Å². The predicted octanol–water partition coefficient (Wildman–Crippen LogP) is 1.33. The first-order valence-corrected chi connectivity index (χ1v) is 9.66. The molecule has 2 amide bonds. The molecule has 0 saturated heterocycles. The van der Waals surface area contributed by atoms with Crippen LogP contribution >= 0.6 is 0 Å². The molecule has 0 fully saturated rings. The SMILES string of the molecule is CCOC(=O)C1=C(COC(=O)CN(C)c2ncccn2)NC(=O)NC1c1ccccc1. The fourth-order valence-electron chi connectivity index (χ4n) is 3.03. The van der Waals surface area contributed by atoms with Gasteiger partial charge in [0, 0.05) is 19.4 Å². The molecular weight excluding hydrogens is 402 g/mol. The van der Waals surface area contributed by atoms with Crippen LogP contribution in [0.4, 0.5) is 10.7 Å². The van der Waals surface area contributed by atoms with Gasteiger partial charge in [0.05, 0.1) is 23.9 Å². The molecule has 1 aromatic carbocycles. The number of urea groups is 1. The molecule has 2 heterocycles. The molecule has 2 N–H and O–H groups in total. The Morgan fingerprint density at radius 2 is 1.81 bits per heavy atom. The van der Waals surface area contributed by atoms with Gasteiger partial charge in [-0.1, -0.05) is 30.3 Å². The summed E-state index contributed by atoms with van der Waals surface area (Å²) in [7, 11) is 1.65. The lowest BCUT2D eigenvalue weighted by molar-refractivity contribution is -0.142. The van der Waals surface area contributed by atoms with Gasteiger partial charge < -0.3 is 25.0 Å². The van der Waals surface area contributed by atoms with Crippen molar-refractivity contribution in [1.29, 1.82) is 0 Å². The first kappa shape index (κ1) is 21.8. The molecule has 162 valence electrons. The molecule has 3 rings (SSSR count). The average molecular weight is 425 g/mol. The minimum absolute atomic E-state index is 0.111. The molecule has 10 heteroatoms. The summed E-state index contributed by atoms with van der Waals surface area (Å²) in [5.74, 6) is -0.815. The maximum absolute atomic E-state index is 12.7. The molecule has 1 aliphatic heterocycles. The van der Waals surface area contributed by atoms with E-state index in [1.165, 1.54) is 4.90 Å². The number of hydrogen-bond acceptors (Lipinski definition) is 8. The fraction of sp³-hybridized carbons (Fsp3) is 0.286. The van der Waals surface area contributed by atoms with Crippen molar-refractivity contribution in [2.24, 2.45) is 0 Å². The number of aromatic nitrogens is 2. The summed E-state index contributed by atoms with van der Waals surface area (Å²) in [5.41, 5.74) is 1.05. The van der Waals surface area contributed by atoms with Crippen LogP contribution in [0, 0.1) is 0 Å². The van der Waals surface area contributed by atoms with Crippen LogP contribution in [0.2, 0.25) is 0 Å².